The van der Waals surface area contributed by atoms with Crippen LogP contribution >= 0.6 is 11.8 Å². The van der Waals surface area contributed by atoms with Gasteiger partial charge in [0.15, 0.2) is 10.9 Å². The number of ketones is 1. The Balaban J connectivity index is 1.41. The molecule has 1 heterocycles. The van der Waals surface area contributed by atoms with Crippen LogP contribution in [0, 0.1) is 34.5 Å². The normalized spacial score (nSPS) is 46.6. The molecule has 148 valence electrons. The van der Waals surface area contributed by atoms with E-state index in [0.717, 1.165) is 35.8 Å². The van der Waals surface area contributed by atoms with E-state index in [9.17, 15) is 4.79 Å². The zero-order chi connectivity index (χ0) is 18.8. The summed E-state index contributed by atoms with van der Waals surface area (Å²) in [6, 6.07) is 0. The smallest absolute Gasteiger partial charge is 0.168 e. The number of thioether (sulfide) groups is 1. The Morgan fingerprint density at radius 3 is 2.74 bits per heavy atom. The second-order valence-electron chi connectivity index (χ2n) is 10.4. The Morgan fingerprint density at radius 2 is 1.96 bits per heavy atom. The molecule has 0 unspecified atom stereocenters. The summed E-state index contributed by atoms with van der Waals surface area (Å²) in [5, 5.41) is 1.10. The molecule has 27 heavy (non-hydrogen) atoms. The van der Waals surface area contributed by atoms with E-state index < -0.39 is 0 Å². The molecule has 0 N–H and O–H groups in total. The summed E-state index contributed by atoms with van der Waals surface area (Å²) in [6.45, 7) is 4.93. The van der Waals surface area contributed by atoms with Crippen LogP contribution < -0.4 is 0 Å². The molecule has 4 fully saturated rings. The van der Waals surface area contributed by atoms with Crippen LogP contribution in [0.2, 0.25) is 0 Å². The van der Waals surface area contributed by atoms with Gasteiger partial charge in [0.1, 0.15) is 0 Å². The van der Waals surface area contributed by atoms with Gasteiger partial charge in [-0.05, 0) is 74.0 Å². The number of aromatic nitrogens is 2. The number of carbonyl (C=O) groups is 1. The Morgan fingerprint density at radius 1 is 1.11 bits per heavy atom. The minimum Gasteiger partial charge on any atom is -0.329 e. The van der Waals surface area contributed by atoms with Crippen LogP contribution in [0.15, 0.2) is 17.6 Å². The lowest BCUT2D eigenvalue weighted by molar-refractivity contribution is -0.138. The predicted molar refractivity (Wildman–Crippen MR) is 110 cm³/mol. The molecular formula is C23H34N2OS. The third-order valence-electron chi connectivity index (χ3n) is 9.32. The minimum atomic E-state index is -0.0815. The number of aryl methyl sites for hydroxylation is 1. The van der Waals surface area contributed by atoms with Gasteiger partial charge in [-0.1, -0.05) is 38.5 Å². The van der Waals surface area contributed by atoms with Crippen LogP contribution in [0.1, 0.15) is 71.6 Å². The van der Waals surface area contributed by atoms with E-state index >= 15 is 0 Å². The summed E-state index contributed by atoms with van der Waals surface area (Å²) in [4.78, 5) is 18.0. The number of carbonyl (C=O) groups excluding carboxylic acids is 1. The molecule has 4 aliphatic rings. The van der Waals surface area contributed by atoms with Crippen molar-refractivity contribution in [2.45, 2.75) is 82.0 Å². The van der Waals surface area contributed by atoms with Crippen molar-refractivity contribution in [1.82, 2.24) is 9.55 Å². The summed E-state index contributed by atoms with van der Waals surface area (Å²) in [6.07, 6.45) is 15.9. The summed E-state index contributed by atoms with van der Waals surface area (Å²) >= 11 is 1.72. The molecule has 0 aliphatic heterocycles. The average Bonchev–Trinajstić information content (AvgIpc) is 3.17. The highest BCUT2D eigenvalue weighted by molar-refractivity contribution is 8.00. The molecule has 4 heteroatoms. The molecule has 1 aromatic rings. The zero-order valence-electron chi connectivity index (χ0n) is 17.1. The molecule has 7 atom stereocenters. The van der Waals surface area contributed by atoms with Gasteiger partial charge in [-0.3, -0.25) is 4.79 Å². The average molecular weight is 387 g/mol. The van der Waals surface area contributed by atoms with E-state index in [0.29, 0.717) is 17.1 Å². The largest absolute Gasteiger partial charge is 0.329 e. The van der Waals surface area contributed by atoms with Crippen LogP contribution in [0.5, 0.6) is 0 Å². The number of hydrogen-bond donors (Lipinski definition) is 0. The van der Waals surface area contributed by atoms with E-state index in [-0.39, 0.29) is 10.7 Å². The van der Waals surface area contributed by atoms with Gasteiger partial charge in [0.2, 0.25) is 0 Å². The molecule has 0 saturated heterocycles. The van der Waals surface area contributed by atoms with Gasteiger partial charge in [-0.25, -0.2) is 4.98 Å². The number of hydrogen-bond acceptors (Lipinski definition) is 3. The fourth-order valence-electron chi connectivity index (χ4n) is 7.76. The quantitative estimate of drug-likeness (QED) is 0.674. The Labute approximate surface area is 168 Å². The topological polar surface area (TPSA) is 34.9 Å². The van der Waals surface area contributed by atoms with Gasteiger partial charge in [-0.2, -0.15) is 0 Å². The molecule has 4 saturated carbocycles. The second kappa shape index (κ2) is 6.37. The summed E-state index contributed by atoms with van der Waals surface area (Å²) in [7, 11) is 2.03. The van der Waals surface area contributed by atoms with Crippen LogP contribution in [0.3, 0.4) is 0 Å². The lowest BCUT2D eigenvalue weighted by Gasteiger charge is -2.59. The first-order chi connectivity index (χ1) is 12.9. The van der Waals surface area contributed by atoms with Gasteiger partial charge in [0, 0.05) is 24.9 Å². The van der Waals surface area contributed by atoms with Gasteiger partial charge in [-0.15, -0.1) is 0 Å². The molecule has 4 aliphatic carbocycles. The summed E-state index contributed by atoms with van der Waals surface area (Å²) in [5.74, 6) is 3.71. The van der Waals surface area contributed by atoms with Gasteiger partial charge >= 0.3 is 0 Å². The van der Waals surface area contributed by atoms with Crippen LogP contribution in [0.25, 0.3) is 0 Å². The monoisotopic (exact) mass is 386 g/mol. The third-order valence-corrected chi connectivity index (χ3v) is 10.6. The first kappa shape index (κ1) is 18.3. The van der Waals surface area contributed by atoms with Crippen LogP contribution in [-0.4, -0.2) is 20.6 Å². The van der Waals surface area contributed by atoms with Crippen molar-refractivity contribution in [3.8, 4) is 0 Å². The summed E-state index contributed by atoms with van der Waals surface area (Å²) in [5.41, 5.74) is 0.471. The second-order valence-corrected chi connectivity index (χ2v) is 11.6. The molecule has 0 bridgehead atoms. The fourth-order valence-corrected chi connectivity index (χ4v) is 9.04. The number of imidazole rings is 1. The van der Waals surface area contributed by atoms with Gasteiger partial charge < -0.3 is 4.57 Å². The van der Waals surface area contributed by atoms with Crippen molar-refractivity contribution in [2.75, 3.05) is 0 Å². The SMILES string of the molecule is Cn1ccnc1S[C@@H]1C[C@H]2[C@@H]3CC[C@H]4CCCC[C@]4(C)[C@H]3CC[C@]2(C)C1=O. The third kappa shape index (κ3) is 2.61. The predicted octanol–water partition coefficient (Wildman–Crippen LogP) is 5.49. The Bertz CT molecular complexity index is 744. The highest BCUT2D eigenvalue weighted by Crippen LogP contribution is 2.66. The van der Waals surface area contributed by atoms with Gasteiger partial charge in [0.25, 0.3) is 0 Å². The van der Waals surface area contributed by atoms with Crippen molar-refractivity contribution in [3.63, 3.8) is 0 Å². The maximum Gasteiger partial charge on any atom is 0.168 e. The number of Topliss-reactive ketones (excluding diaryl/α,β-unsaturated/α-hetero) is 1. The summed E-state index contributed by atoms with van der Waals surface area (Å²) < 4.78 is 2.05. The van der Waals surface area contributed by atoms with Gasteiger partial charge in [0.05, 0.1) is 5.25 Å². The highest BCUT2D eigenvalue weighted by Gasteiger charge is 2.62. The van der Waals surface area contributed by atoms with E-state index in [1.54, 1.807) is 11.8 Å². The van der Waals surface area contributed by atoms with E-state index in [1.807, 2.05) is 19.4 Å². The van der Waals surface area contributed by atoms with E-state index in [1.165, 1.54) is 44.9 Å². The lowest BCUT2D eigenvalue weighted by atomic mass is 9.45. The van der Waals surface area contributed by atoms with E-state index in [4.69, 9.17) is 0 Å². The maximum absolute atomic E-state index is 13.5. The van der Waals surface area contributed by atoms with Crippen molar-refractivity contribution in [1.29, 1.82) is 0 Å². The standard InChI is InChI=1S/C23H34N2OS/c1-22-10-5-4-6-15(22)7-8-16-17(22)9-11-23(2)18(16)14-19(20(23)26)27-21-24-12-13-25(21)3/h12-13,15-19H,4-11,14H2,1-3H3/t15-,16-,17+,18+,19-,22+,23+/m1/s1. The Hall–Kier alpha value is -0.770. The highest BCUT2D eigenvalue weighted by atomic mass is 32.2. The number of fused-ring (bicyclic) bond motifs is 5. The number of rotatable bonds is 2. The molecule has 0 spiro atoms. The minimum absolute atomic E-state index is 0.0815. The molecular weight excluding hydrogens is 352 g/mol. The number of nitrogens with zero attached hydrogens (tertiary/aromatic N) is 2. The zero-order valence-corrected chi connectivity index (χ0v) is 17.9. The molecule has 0 amide bonds. The lowest BCUT2D eigenvalue weighted by Crippen LogP contribution is -2.52. The first-order valence-electron chi connectivity index (χ1n) is 11.1. The molecule has 1 aromatic heterocycles. The van der Waals surface area contributed by atoms with E-state index in [2.05, 4.69) is 23.4 Å². The van der Waals surface area contributed by atoms with Crippen molar-refractivity contribution in [3.05, 3.63) is 12.4 Å². The first-order valence-corrected chi connectivity index (χ1v) is 12.0. The molecule has 3 nitrogen and oxygen atoms in total. The van der Waals surface area contributed by atoms with Crippen molar-refractivity contribution < 1.29 is 4.79 Å². The fraction of sp³-hybridized carbons (Fsp3) is 0.826. The van der Waals surface area contributed by atoms with Crippen LogP contribution in [0.4, 0.5) is 0 Å². The molecule has 0 aromatic carbocycles. The van der Waals surface area contributed by atoms with Crippen molar-refractivity contribution in [2.24, 2.45) is 41.5 Å². The van der Waals surface area contributed by atoms with Crippen LogP contribution in [-0.2, 0) is 11.8 Å². The Kier molecular flexibility index (Phi) is 4.31. The molecule has 0 radical (unpaired) electrons. The molecule has 5 rings (SSSR count). The maximum atomic E-state index is 13.5. The van der Waals surface area contributed by atoms with Crippen molar-refractivity contribution >= 4 is 17.5 Å².